The number of carbonyl (C=O) groups excluding carboxylic acids is 1. The minimum absolute atomic E-state index is 0.0894. The van der Waals surface area contributed by atoms with Crippen molar-refractivity contribution in [2.75, 3.05) is 20.6 Å². The molecule has 1 saturated heterocycles. The minimum Gasteiger partial charge on any atom is -0.470 e. The van der Waals surface area contributed by atoms with Gasteiger partial charge in [0.25, 0.3) is 0 Å². The highest BCUT2D eigenvalue weighted by molar-refractivity contribution is 6.16. The fraction of sp³-hybridized carbons (Fsp3) is 0.438. The molecule has 0 saturated carbocycles. The lowest BCUT2D eigenvalue weighted by Crippen LogP contribution is -2.25. The smallest absolute Gasteiger partial charge is 0.341 e. The van der Waals surface area contributed by atoms with Gasteiger partial charge in [-0.05, 0) is 18.9 Å². The summed E-state index contributed by atoms with van der Waals surface area (Å²) in [7, 11) is 1.25. The van der Waals surface area contributed by atoms with E-state index in [1.165, 1.54) is 7.11 Å². The average molecular weight is 310 g/mol. The van der Waals surface area contributed by atoms with E-state index < -0.39 is 12.8 Å². The number of rotatable bonds is 6. The lowest BCUT2D eigenvalue weighted by molar-refractivity contribution is -0.133. The molecular weight excluding hydrogens is 291 g/mol. The van der Waals surface area contributed by atoms with E-state index in [9.17, 15) is 9.18 Å². The second-order valence-electron chi connectivity index (χ2n) is 4.71. The molecule has 1 aromatic rings. The lowest BCUT2D eigenvalue weighted by Gasteiger charge is -2.24. The van der Waals surface area contributed by atoms with Crippen LogP contribution in [0.1, 0.15) is 24.8 Å². The molecule has 0 amide bonds. The first-order valence-corrected chi connectivity index (χ1v) is 7.10. The number of hydrogen-bond acceptors (Lipinski definition) is 5. The van der Waals surface area contributed by atoms with Crippen LogP contribution < -0.4 is 4.74 Å². The Balaban J connectivity index is 2.26. The summed E-state index contributed by atoms with van der Waals surface area (Å²) in [6.45, 7) is -0.382. The number of methoxy groups -OCH3 is 1. The fourth-order valence-electron chi connectivity index (χ4n) is 2.18. The summed E-state index contributed by atoms with van der Waals surface area (Å²) in [6, 6.07) is 6.94. The molecule has 1 unspecified atom stereocenters. The third kappa shape index (κ3) is 4.21. The number of halogens is 1. The van der Waals surface area contributed by atoms with Crippen molar-refractivity contribution in [1.29, 1.82) is 0 Å². The normalized spacial score (nSPS) is 18.6. The summed E-state index contributed by atoms with van der Waals surface area (Å²) in [4.78, 5) is 11.9. The summed E-state index contributed by atoms with van der Waals surface area (Å²) in [5, 5.41) is 0. The Morgan fingerprint density at radius 1 is 1.41 bits per heavy atom. The number of hydrogen-bond donors (Lipinski definition) is 0. The highest BCUT2D eigenvalue weighted by Crippen LogP contribution is 2.29. The van der Waals surface area contributed by atoms with Crippen molar-refractivity contribution in [2.24, 2.45) is 0 Å². The molecule has 22 heavy (non-hydrogen) atoms. The molecule has 6 heteroatoms. The Kier molecular flexibility index (Phi) is 6.21. The molecular formula is C16H19FO5. The second kappa shape index (κ2) is 8.38. The molecule has 1 atom stereocenters. The van der Waals surface area contributed by atoms with Crippen molar-refractivity contribution < 1.29 is 28.1 Å². The molecule has 5 nitrogen and oxygen atoms in total. The number of ether oxygens (including phenoxy) is 4. The molecule has 1 fully saturated rings. The molecule has 1 heterocycles. The van der Waals surface area contributed by atoms with Gasteiger partial charge in [0.05, 0.1) is 13.7 Å². The van der Waals surface area contributed by atoms with Crippen LogP contribution in [0.15, 0.2) is 30.5 Å². The third-order valence-electron chi connectivity index (χ3n) is 3.24. The van der Waals surface area contributed by atoms with Crippen molar-refractivity contribution in [3.05, 3.63) is 36.1 Å². The Bertz CT molecular complexity index is 523. The van der Waals surface area contributed by atoms with Crippen molar-refractivity contribution in [3.8, 4) is 5.75 Å². The van der Waals surface area contributed by atoms with E-state index in [4.69, 9.17) is 14.2 Å². The minimum atomic E-state index is -1.03. The van der Waals surface area contributed by atoms with Crippen molar-refractivity contribution in [3.63, 3.8) is 0 Å². The Morgan fingerprint density at radius 2 is 2.23 bits per heavy atom. The average Bonchev–Trinajstić information content (AvgIpc) is 2.57. The topological polar surface area (TPSA) is 54.0 Å². The van der Waals surface area contributed by atoms with E-state index in [2.05, 4.69) is 4.74 Å². The van der Waals surface area contributed by atoms with Crippen LogP contribution in [0.5, 0.6) is 5.75 Å². The van der Waals surface area contributed by atoms with Crippen LogP contribution in [-0.2, 0) is 19.0 Å². The maximum Gasteiger partial charge on any atom is 0.341 e. The monoisotopic (exact) mass is 310 g/mol. The molecule has 0 aliphatic carbocycles. The van der Waals surface area contributed by atoms with Gasteiger partial charge in [-0.15, -0.1) is 0 Å². The van der Waals surface area contributed by atoms with E-state index in [0.29, 0.717) is 17.9 Å². The molecule has 120 valence electrons. The molecule has 0 N–H and O–H groups in total. The first-order valence-electron chi connectivity index (χ1n) is 7.10. The van der Waals surface area contributed by atoms with Crippen LogP contribution in [0, 0.1) is 0 Å². The molecule has 2 rings (SSSR count). The number of esters is 1. The van der Waals surface area contributed by atoms with Gasteiger partial charge in [-0.25, -0.2) is 9.18 Å². The van der Waals surface area contributed by atoms with Crippen LogP contribution >= 0.6 is 0 Å². The first kappa shape index (κ1) is 16.3. The summed E-state index contributed by atoms with van der Waals surface area (Å²) in [6.07, 6.45) is 3.51. The predicted octanol–water partition coefficient (Wildman–Crippen LogP) is 3.05. The molecule has 0 spiro atoms. The van der Waals surface area contributed by atoms with Crippen molar-refractivity contribution in [1.82, 2.24) is 0 Å². The van der Waals surface area contributed by atoms with Gasteiger partial charge in [-0.3, -0.25) is 0 Å². The van der Waals surface area contributed by atoms with Crippen molar-refractivity contribution >= 4 is 11.5 Å². The van der Waals surface area contributed by atoms with Gasteiger partial charge in [0.15, 0.2) is 6.29 Å². The highest BCUT2D eigenvalue weighted by Gasteiger charge is 2.21. The van der Waals surface area contributed by atoms with Crippen LogP contribution in [0.25, 0.3) is 5.57 Å². The van der Waals surface area contributed by atoms with Crippen LogP contribution in [-0.4, -0.2) is 32.8 Å². The molecule has 0 aromatic heterocycles. The molecule has 1 aliphatic rings. The first-order chi connectivity index (χ1) is 10.8. The van der Waals surface area contributed by atoms with E-state index in [-0.39, 0.29) is 11.9 Å². The highest BCUT2D eigenvalue weighted by atomic mass is 19.1. The van der Waals surface area contributed by atoms with Crippen LogP contribution in [0.4, 0.5) is 4.39 Å². The third-order valence-corrected chi connectivity index (χ3v) is 3.24. The van der Waals surface area contributed by atoms with Crippen LogP contribution in [0.3, 0.4) is 0 Å². The van der Waals surface area contributed by atoms with Gasteiger partial charge in [0.2, 0.25) is 6.86 Å². The summed E-state index contributed by atoms with van der Waals surface area (Å²) >= 11 is 0. The zero-order chi connectivity index (χ0) is 15.8. The summed E-state index contributed by atoms with van der Waals surface area (Å²) in [5.41, 5.74) is 0.559. The number of alkyl halides is 1. The van der Waals surface area contributed by atoms with Gasteiger partial charge >= 0.3 is 5.97 Å². The van der Waals surface area contributed by atoms with E-state index >= 15 is 0 Å². The largest absolute Gasteiger partial charge is 0.470 e. The van der Waals surface area contributed by atoms with E-state index in [1.807, 2.05) is 0 Å². The Hall–Kier alpha value is -2.08. The quantitative estimate of drug-likeness (QED) is 0.459. The van der Waals surface area contributed by atoms with Gasteiger partial charge in [-0.2, -0.15) is 0 Å². The van der Waals surface area contributed by atoms with E-state index in [1.54, 1.807) is 24.3 Å². The molecule has 1 aromatic carbocycles. The number of benzene rings is 1. The van der Waals surface area contributed by atoms with E-state index in [0.717, 1.165) is 25.5 Å². The lowest BCUT2D eigenvalue weighted by atomic mass is 10.1. The molecule has 0 bridgehead atoms. The van der Waals surface area contributed by atoms with Crippen LogP contribution in [0.2, 0.25) is 0 Å². The molecule has 0 radical (unpaired) electrons. The second-order valence-corrected chi connectivity index (χ2v) is 4.71. The zero-order valence-electron chi connectivity index (χ0n) is 12.4. The van der Waals surface area contributed by atoms with Crippen molar-refractivity contribution in [2.45, 2.75) is 25.6 Å². The summed E-state index contributed by atoms with van der Waals surface area (Å²) in [5.74, 6) is -0.164. The fourth-order valence-corrected chi connectivity index (χ4v) is 2.18. The zero-order valence-corrected chi connectivity index (χ0v) is 12.4. The SMILES string of the molecule is COC(=O)C(=COCF)c1ccccc1OC1CCCCO1. The molecule has 1 aliphatic heterocycles. The van der Waals surface area contributed by atoms with Gasteiger partial charge < -0.3 is 18.9 Å². The summed E-state index contributed by atoms with van der Waals surface area (Å²) < 4.78 is 32.9. The Morgan fingerprint density at radius 3 is 2.91 bits per heavy atom. The van der Waals surface area contributed by atoms with Gasteiger partial charge in [0.1, 0.15) is 17.6 Å². The predicted molar refractivity (Wildman–Crippen MR) is 77.7 cm³/mol. The van der Waals surface area contributed by atoms with Gasteiger partial charge in [-0.1, -0.05) is 18.2 Å². The number of para-hydroxylation sites is 1. The standard InChI is InChI=1S/C16H19FO5/c1-19-16(18)13(10-20-11-17)12-6-2-3-7-14(12)22-15-8-4-5-9-21-15/h2-3,6-7,10,15H,4-5,8-9,11H2,1H3. The maximum absolute atomic E-state index is 12.2. The Labute approximate surface area is 128 Å². The number of carbonyl (C=O) groups is 1. The van der Waals surface area contributed by atoms with Gasteiger partial charge in [0, 0.05) is 12.0 Å². The maximum atomic E-state index is 12.2.